The third-order valence-electron chi connectivity index (χ3n) is 9.56. The molecule has 0 aliphatic carbocycles. The van der Waals surface area contributed by atoms with E-state index < -0.39 is 8.07 Å². The van der Waals surface area contributed by atoms with Crippen LogP contribution in [0.15, 0.2) is 120 Å². The molecule has 8 aromatic rings. The molecule has 0 spiro atoms. The zero-order valence-electron chi connectivity index (χ0n) is 31.2. The van der Waals surface area contributed by atoms with Crippen molar-refractivity contribution in [1.29, 1.82) is 0 Å². The molecule has 0 amide bonds. The summed E-state index contributed by atoms with van der Waals surface area (Å²) in [6, 6.07) is 44.5. The number of imidazole rings is 1. The normalized spacial score (nSPS) is 11.7. The second kappa shape index (κ2) is 15.2. The van der Waals surface area contributed by atoms with Gasteiger partial charge in [0.25, 0.3) is 0 Å². The summed E-state index contributed by atoms with van der Waals surface area (Å²) in [7, 11) is -1.24. The van der Waals surface area contributed by atoms with Gasteiger partial charge in [0.15, 0.2) is 0 Å². The van der Waals surface area contributed by atoms with Crippen LogP contribution < -0.4 is 5.19 Å². The second-order valence-corrected chi connectivity index (χ2v) is 20.1. The first kappa shape index (κ1) is 37.2. The van der Waals surface area contributed by atoms with Gasteiger partial charge in [-0.3, -0.25) is 4.98 Å². The molecule has 3 heterocycles. The quantitative estimate of drug-likeness (QED) is 0.123. The van der Waals surface area contributed by atoms with Gasteiger partial charge in [0.05, 0.1) is 30.5 Å². The van der Waals surface area contributed by atoms with E-state index in [2.05, 4.69) is 155 Å². The summed E-state index contributed by atoms with van der Waals surface area (Å²) in [6.07, 6.45) is 2.02. The molecule has 0 unspecified atom stereocenters. The average molecular weight is 876 g/mol. The summed E-state index contributed by atoms with van der Waals surface area (Å²) in [5.41, 5.74) is 11.8. The largest absolute Gasteiger partial charge is 0.501 e. The molecule has 0 saturated carbocycles. The van der Waals surface area contributed by atoms with Crippen molar-refractivity contribution in [3.05, 3.63) is 144 Å². The molecular weight excluding hydrogens is 831 g/mol. The summed E-state index contributed by atoms with van der Waals surface area (Å²) in [5.74, 6) is 1.60. The zero-order chi connectivity index (χ0) is 35.9. The number of aromatic nitrogens is 3. The number of fused-ring (bicyclic) bond motifs is 4. The molecule has 0 fully saturated rings. The maximum atomic E-state index is 6.40. The van der Waals surface area contributed by atoms with Gasteiger partial charge >= 0.3 is 0 Å². The van der Waals surface area contributed by atoms with Crippen LogP contribution in [0.25, 0.3) is 61.3 Å². The summed E-state index contributed by atoms with van der Waals surface area (Å²) in [5, 5.41) is 3.60. The van der Waals surface area contributed by atoms with Crippen molar-refractivity contribution >= 4 is 46.2 Å². The van der Waals surface area contributed by atoms with Crippen LogP contribution in [0, 0.1) is 19.1 Å². The fourth-order valence-corrected chi connectivity index (χ4v) is 7.74. The topological polar surface area (TPSA) is 43.9 Å². The average Bonchev–Trinajstić information content (AvgIpc) is 3.70. The molecular formula is C46H45IrN3OSi-2. The Labute approximate surface area is 322 Å². The first-order valence-electron chi connectivity index (χ1n) is 17.9. The Balaban J connectivity index is 0.000000218. The van der Waals surface area contributed by atoms with E-state index in [4.69, 9.17) is 9.40 Å². The number of hydrogen-bond acceptors (Lipinski definition) is 3. The number of nitrogens with zero attached hydrogens (tertiary/aromatic N) is 3. The number of aryl methyl sites for hydroxylation is 1. The molecule has 5 aromatic carbocycles. The van der Waals surface area contributed by atoms with Crippen molar-refractivity contribution in [3.8, 4) is 28.3 Å². The summed E-state index contributed by atoms with van der Waals surface area (Å²) < 4.78 is 8.73. The molecule has 0 N–H and O–H groups in total. The molecule has 0 saturated heterocycles. The Morgan fingerprint density at radius 2 is 1.44 bits per heavy atom. The molecule has 0 aliphatic heterocycles. The predicted octanol–water partition coefficient (Wildman–Crippen LogP) is 12.0. The molecule has 6 heteroatoms. The number of hydrogen-bond donors (Lipinski definition) is 0. The van der Waals surface area contributed by atoms with Crippen molar-refractivity contribution in [1.82, 2.24) is 14.5 Å². The Hall–Kier alpha value is -4.61. The molecule has 0 bridgehead atoms. The van der Waals surface area contributed by atoms with E-state index in [0.29, 0.717) is 11.8 Å². The summed E-state index contributed by atoms with van der Waals surface area (Å²) >= 11 is 0. The molecule has 8 rings (SSSR count). The Morgan fingerprint density at radius 3 is 2.10 bits per heavy atom. The van der Waals surface area contributed by atoms with Crippen LogP contribution in [0.4, 0.5) is 0 Å². The van der Waals surface area contributed by atoms with E-state index in [-0.39, 0.29) is 20.1 Å². The van der Waals surface area contributed by atoms with Crippen LogP contribution in [0.3, 0.4) is 0 Å². The van der Waals surface area contributed by atoms with Crippen LogP contribution >= 0.6 is 0 Å². The minimum absolute atomic E-state index is 0. The maximum absolute atomic E-state index is 6.40. The molecule has 3 aromatic heterocycles. The van der Waals surface area contributed by atoms with Crippen LogP contribution in [-0.4, -0.2) is 22.6 Å². The van der Waals surface area contributed by atoms with Gasteiger partial charge in [-0.15, -0.1) is 53.6 Å². The SMILES string of the molecule is CC(C)c1cccc(C(C)C)c1-n1c(-c2[c-]ccc3c2oc2ccccc23)nc2ccccc21.Cc1c[c-]c(-c2ccc([Si](C)(C)C)cn2)cc1.[Ir]. The van der Waals surface area contributed by atoms with Crippen LogP contribution in [-0.2, 0) is 20.1 Å². The van der Waals surface area contributed by atoms with Crippen molar-refractivity contribution < 1.29 is 24.5 Å². The molecule has 265 valence electrons. The van der Waals surface area contributed by atoms with E-state index in [0.717, 1.165) is 55.6 Å². The van der Waals surface area contributed by atoms with Gasteiger partial charge in [0.1, 0.15) is 5.58 Å². The van der Waals surface area contributed by atoms with Gasteiger partial charge in [-0.2, -0.15) is 0 Å². The number of benzene rings is 5. The van der Waals surface area contributed by atoms with Gasteiger partial charge in [-0.05, 0) is 52.0 Å². The van der Waals surface area contributed by atoms with Crippen LogP contribution in [0.2, 0.25) is 19.6 Å². The fourth-order valence-electron chi connectivity index (χ4n) is 6.71. The number of para-hydroxylation sites is 4. The first-order chi connectivity index (χ1) is 24.5. The van der Waals surface area contributed by atoms with E-state index in [1.165, 1.54) is 27.6 Å². The zero-order valence-corrected chi connectivity index (χ0v) is 34.6. The van der Waals surface area contributed by atoms with E-state index in [1.54, 1.807) is 0 Å². The van der Waals surface area contributed by atoms with Gasteiger partial charge in [-0.25, -0.2) is 0 Å². The third kappa shape index (κ3) is 7.21. The molecule has 52 heavy (non-hydrogen) atoms. The number of furan rings is 1. The molecule has 0 aliphatic rings. The van der Waals surface area contributed by atoms with E-state index >= 15 is 0 Å². The Bertz CT molecular complexity index is 2440. The standard InChI is InChI=1S/C31H27N2O.C15H18NSi.Ir/c1-19(2)21-12-9-13-22(20(3)4)29(21)33-27-17-7-6-16-26(27)32-31(33)25-15-10-14-24-23-11-5-8-18-28(23)34-30(24)25;1-12-5-7-13(8-6-12)15-10-9-14(11-16-15)17(2,3)4;/h5-14,16-20H,1-4H3;5-7,9-11H,1-4H3;/q2*-1;. The van der Waals surface area contributed by atoms with Crippen molar-refractivity contribution in [2.45, 2.75) is 66.1 Å². The second-order valence-electron chi connectivity index (χ2n) is 15.0. The van der Waals surface area contributed by atoms with Crippen LogP contribution in [0.1, 0.15) is 56.2 Å². The molecule has 0 atom stereocenters. The first-order valence-corrected chi connectivity index (χ1v) is 21.4. The third-order valence-corrected chi connectivity index (χ3v) is 11.6. The maximum Gasteiger partial charge on any atom is 0.120 e. The van der Waals surface area contributed by atoms with Crippen molar-refractivity contribution in [2.75, 3.05) is 0 Å². The minimum atomic E-state index is -1.24. The smallest absolute Gasteiger partial charge is 0.120 e. The summed E-state index contributed by atoms with van der Waals surface area (Å²) in [6.45, 7) is 18.1. The Morgan fingerprint density at radius 1 is 0.731 bits per heavy atom. The van der Waals surface area contributed by atoms with Gasteiger partial charge in [-0.1, -0.05) is 126 Å². The fraction of sp³-hybridized carbons (Fsp3) is 0.217. The van der Waals surface area contributed by atoms with Crippen molar-refractivity contribution in [3.63, 3.8) is 0 Å². The molecule has 4 nitrogen and oxygen atoms in total. The molecule has 1 radical (unpaired) electrons. The van der Waals surface area contributed by atoms with Gasteiger partial charge < -0.3 is 14.0 Å². The Kier molecular flexibility index (Phi) is 10.8. The number of rotatable bonds is 6. The van der Waals surface area contributed by atoms with E-state index in [9.17, 15) is 0 Å². The number of pyridine rings is 1. The monoisotopic (exact) mass is 876 g/mol. The minimum Gasteiger partial charge on any atom is -0.501 e. The summed E-state index contributed by atoms with van der Waals surface area (Å²) in [4.78, 5) is 9.70. The van der Waals surface area contributed by atoms with Crippen molar-refractivity contribution in [2.24, 2.45) is 0 Å². The van der Waals surface area contributed by atoms with Gasteiger partial charge in [0.2, 0.25) is 0 Å². The van der Waals surface area contributed by atoms with E-state index in [1.807, 2.05) is 36.5 Å². The van der Waals surface area contributed by atoms with Gasteiger partial charge in [0, 0.05) is 37.4 Å². The predicted molar refractivity (Wildman–Crippen MR) is 217 cm³/mol. The van der Waals surface area contributed by atoms with Crippen LogP contribution in [0.5, 0.6) is 0 Å².